The van der Waals surface area contributed by atoms with E-state index in [-0.39, 0.29) is 0 Å². The number of hydrogen-bond donors (Lipinski definition) is 1. The minimum Gasteiger partial charge on any atom is -0.383 e. The minimum absolute atomic E-state index is 0.631. The van der Waals surface area contributed by atoms with Crippen LogP contribution in [0.15, 0.2) is 11.4 Å². The van der Waals surface area contributed by atoms with Gasteiger partial charge in [-0.2, -0.15) is 9.78 Å². The van der Waals surface area contributed by atoms with Crippen molar-refractivity contribution < 1.29 is 0 Å². The average Bonchev–Trinajstić information content (AvgIpc) is 2.58. The Hall–Kier alpha value is -1.36. The smallest absolute Gasteiger partial charge is 0.212 e. The molecule has 2 rings (SSSR count). The van der Waals surface area contributed by atoms with Crippen LogP contribution >= 0.6 is 11.3 Å². The van der Waals surface area contributed by atoms with Gasteiger partial charge in [0.1, 0.15) is 5.82 Å². The van der Waals surface area contributed by atoms with E-state index in [1.165, 1.54) is 11.3 Å². The SMILES string of the molecule is Cc1csc(-n2nc(C)cc2N)n1. The van der Waals surface area contributed by atoms with Crippen LogP contribution in [0, 0.1) is 13.8 Å². The van der Waals surface area contributed by atoms with Crippen molar-refractivity contribution in [2.24, 2.45) is 0 Å². The third-order valence-electron chi connectivity index (χ3n) is 1.65. The highest BCUT2D eigenvalue weighted by molar-refractivity contribution is 7.12. The zero-order valence-electron chi connectivity index (χ0n) is 7.48. The number of anilines is 1. The highest BCUT2D eigenvalue weighted by Crippen LogP contribution is 2.17. The Bertz CT molecular complexity index is 429. The summed E-state index contributed by atoms with van der Waals surface area (Å²) in [6.45, 7) is 3.86. The quantitative estimate of drug-likeness (QED) is 0.749. The summed E-state index contributed by atoms with van der Waals surface area (Å²) in [5, 5.41) is 7.03. The number of thiazole rings is 1. The molecule has 2 aromatic heterocycles. The van der Waals surface area contributed by atoms with Crippen LogP contribution in [0.1, 0.15) is 11.4 Å². The fraction of sp³-hybridized carbons (Fsp3) is 0.250. The molecule has 0 aromatic carbocycles. The van der Waals surface area contributed by atoms with Gasteiger partial charge in [0.15, 0.2) is 0 Å². The molecule has 0 saturated carbocycles. The third-order valence-corrected chi connectivity index (χ3v) is 2.58. The predicted molar refractivity (Wildman–Crippen MR) is 53.1 cm³/mol. The highest BCUT2D eigenvalue weighted by atomic mass is 32.1. The molecule has 0 atom stereocenters. The first-order valence-electron chi connectivity index (χ1n) is 3.91. The van der Waals surface area contributed by atoms with Gasteiger partial charge in [-0.15, -0.1) is 11.3 Å². The van der Waals surface area contributed by atoms with E-state index in [4.69, 9.17) is 5.73 Å². The maximum atomic E-state index is 5.75. The Labute approximate surface area is 80.0 Å². The van der Waals surface area contributed by atoms with E-state index in [1.807, 2.05) is 25.3 Å². The number of nitrogens with two attached hydrogens (primary N) is 1. The Balaban J connectivity index is 2.51. The van der Waals surface area contributed by atoms with Crippen molar-refractivity contribution in [2.75, 3.05) is 5.73 Å². The van der Waals surface area contributed by atoms with Crippen molar-refractivity contribution in [1.82, 2.24) is 14.8 Å². The van der Waals surface area contributed by atoms with Crippen molar-refractivity contribution in [3.05, 3.63) is 22.8 Å². The number of rotatable bonds is 1. The number of aryl methyl sites for hydroxylation is 2. The van der Waals surface area contributed by atoms with Gasteiger partial charge in [0, 0.05) is 11.4 Å². The Kier molecular flexibility index (Phi) is 1.81. The average molecular weight is 194 g/mol. The number of hydrogen-bond acceptors (Lipinski definition) is 4. The first-order chi connectivity index (χ1) is 6.16. The number of nitrogens with zero attached hydrogens (tertiary/aromatic N) is 3. The summed E-state index contributed by atoms with van der Waals surface area (Å²) < 4.78 is 1.66. The second-order valence-corrected chi connectivity index (χ2v) is 3.73. The molecular formula is C8H10N4S. The van der Waals surface area contributed by atoms with E-state index in [1.54, 1.807) is 4.68 Å². The van der Waals surface area contributed by atoms with Crippen molar-refractivity contribution in [3.8, 4) is 5.13 Å². The van der Waals surface area contributed by atoms with Crippen LogP contribution in [0.5, 0.6) is 0 Å². The van der Waals surface area contributed by atoms with Crippen molar-refractivity contribution in [1.29, 1.82) is 0 Å². The largest absolute Gasteiger partial charge is 0.383 e. The zero-order valence-corrected chi connectivity index (χ0v) is 8.30. The molecule has 2 heterocycles. The number of nitrogen functional groups attached to an aromatic ring is 1. The normalized spacial score (nSPS) is 10.6. The van der Waals surface area contributed by atoms with E-state index < -0.39 is 0 Å². The molecule has 0 amide bonds. The van der Waals surface area contributed by atoms with Gasteiger partial charge in [0.05, 0.1) is 11.4 Å². The lowest BCUT2D eigenvalue weighted by atomic mass is 10.5. The van der Waals surface area contributed by atoms with Crippen LogP contribution in [0.2, 0.25) is 0 Å². The highest BCUT2D eigenvalue weighted by Gasteiger charge is 2.06. The maximum Gasteiger partial charge on any atom is 0.212 e. The van der Waals surface area contributed by atoms with Crippen molar-refractivity contribution in [3.63, 3.8) is 0 Å². The molecule has 4 nitrogen and oxygen atoms in total. The van der Waals surface area contributed by atoms with Gasteiger partial charge < -0.3 is 5.73 Å². The van der Waals surface area contributed by atoms with Crippen LogP contribution in [-0.2, 0) is 0 Å². The molecule has 2 aromatic rings. The van der Waals surface area contributed by atoms with Crippen LogP contribution in [0.4, 0.5) is 5.82 Å². The fourth-order valence-corrected chi connectivity index (χ4v) is 1.88. The second-order valence-electron chi connectivity index (χ2n) is 2.89. The van der Waals surface area contributed by atoms with Gasteiger partial charge in [-0.3, -0.25) is 0 Å². The fourth-order valence-electron chi connectivity index (χ4n) is 1.11. The molecule has 0 spiro atoms. The van der Waals surface area contributed by atoms with E-state index in [2.05, 4.69) is 10.1 Å². The van der Waals surface area contributed by atoms with E-state index in [0.29, 0.717) is 5.82 Å². The monoisotopic (exact) mass is 194 g/mol. The third kappa shape index (κ3) is 1.42. The van der Waals surface area contributed by atoms with Crippen LogP contribution in [0.25, 0.3) is 5.13 Å². The molecule has 68 valence electrons. The summed E-state index contributed by atoms with van der Waals surface area (Å²) in [6, 6.07) is 1.83. The van der Waals surface area contributed by atoms with Crippen LogP contribution in [0.3, 0.4) is 0 Å². The van der Waals surface area contributed by atoms with Gasteiger partial charge in [-0.1, -0.05) is 0 Å². The van der Waals surface area contributed by atoms with Gasteiger partial charge in [-0.05, 0) is 13.8 Å². The van der Waals surface area contributed by atoms with Crippen LogP contribution in [-0.4, -0.2) is 14.8 Å². The van der Waals surface area contributed by atoms with Gasteiger partial charge in [0.25, 0.3) is 0 Å². The Morgan fingerprint density at radius 2 is 2.15 bits per heavy atom. The Morgan fingerprint density at radius 3 is 2.62 bits per heavy atom. The summed E-state index contributed by atoms with van der Waals surface area (Å²) in [4.78, 5) is 4.29. The molecule has 0 radical (unpaired) electrons. The molecule has 0 saturated heterocycles. The summed E-state index contributed by atoms with van der Waals surface area (Å²) >= 11 is 1.54. The van der Waals surface area contributed by atoms with Crippen molar-refractivity contribution >= 4 is 17.2 Å². The summed E-state index contributed by atoms with van der Waals surface area (Å²) in [5.41, 5.74) is 7.65. The molecule has 0 fully saturated rings. The molecule has 0 bridgehead atoms. The lowest BCUT2D eigenvalue weighted by molar-refractivity contribution is 0.858. The van der Waals surface area contributed by atoms with E-state index in [9.17, 15) is 0 Å². The second kappa shape index (κ2) is 2.85. The predicted octanol–water partition coefficient (Wildman–Crippen LogP) is 1.53. The minimum atomic E-state index is 0.631. The topological polar surface area (TPSA) is 56.7 Å². The van der Waals surface area contributed by atoms with Crippen molar-refractivity contribution in [2.45, 2.75) is 13.8 Å². The van der Waals surface area contributed by atoms with E-state index in [0.717, 1.165) is 16.5 Å². The van der Waals surface area contributed by atoms with Crippen LogP contribution < -0.4 is 5.73 Å². The summed E-state index contributed by atoms with van der Waals surface area (Å²) in [5.74, 6) is 0.631. The summed E-state index contributed by atoms with van der Waals surface area (Å²) in [7, 11) is 0. The molecule has 0 unspecified atom stereocenters. The van der Waals surface area contributed by atoms with E-state index >= 15 is 0 Å². The number of aromatic nitrogens is 3. The molecule has 0 aliphatic heterocycles. The maximum absolute atomic E-state index is 5.75. The van der Waals surface area contributed by atoms with Gasteiger partial charge >= 0.3 is 0 Å². The molecule has 0 aliphatic carbocycles. The van der Waals surface area contributed by atoms with Gasteiger partial charge in [-0.25, -0.2) is 4.98 Å². The molecule has 5 heteroatoms. The first kappa shape index (κ1) is 8.25. The van der Waals surface area contributed by atoms with Gasteiger partial charge in [0.2, 0.25) is 5.13 Å². The molecule has 13 heavy (non-hydrogen) atoms. The lowest BCUT2D eigenvalue weighted by Gasteiger charge is -1.96. The lowest BCUT2D eigenvalue weighted by Crippen LogP contribution is -2.00. The standard InChI is InChI=1S/C8H10N4S/c1-5-3-7(9)12(11-5)8-10-6(2)4-13-8/h3-4H,9H2,1-2H3. The molecule has 0 aliphatic rings. The first-order valence-corrected chi connectivity index (χ1v) is 4.79. The summed E-state index contributed by atoms with van der Waals surface area (Å²) in [6.07, 6.45) is 0. The molecule has 2 N–H and O–H groups in total. The zero-order chi connectivity index (χ0) is 9.42. The molecular weight excluding hydrogens is 184 g/mol. The Morgan fingerprint density at radius 1 is 1.38 bits per heavy atom.